The number of nitrogens with one attached hydrogen (secondary N) is 1. The van der Waals surface area contributed by atoms with Gasteiger partial charge in [-0.05, 0) is 13.3 Å². The molecule has 1 heterocycles. The van der Waals surface area contributed by atoms with Crippen LogP contribution in [-0.4, -0.2) is 36.6 Å². The molecule has 1 unspecified atom stereocenters. The van der Waals surface area contributed by atoms with E-state index in [1.165, 1.54) is 12.1 Å². The standard InChI is InChI=1S/C15H22F2N2/c1-3-14(2)11-18-9-10-19(14)12-15(16,17)13-7-5-4-6-8-13/h4-8,18H,3,9-12H2,1-2H3. The predicted molar refractivity (Wildman–Crippen MR) is 73.5 cm³/mol. The number of alkyl halides is 2. The molecule has 1 aromatic rings. The minimum atomic E-state index is -2.80. The van der Waals surface area contributed by atoms with Gasteiger partial charge in [0, 0.05) is 30.7 Å². The Morgan fingerprint density at radius 3 is 2.63 bits per heavy atom. The van der Waals surface area contributed by atoms with E-state index in [1.54, 1.807) is 18.2 Å². The van der Waals surface area contributed by atoms with Gasteiger partial charge in [0.1, 0.15) is 0 Å². The van der Waals surface area contributed by atoms with Gasteiger partial charge < -0.3 is 5.32 Å². The van der Waals surface area contributed by atoms with Gasteiger partial charge in [0.2, 0.25) is 0 Å². The molecular weight excluding hydrogens is 246 g/mol. The lowest BCUT2D eigenvalue weighted by Crippen LogP contribution is -2.61. The van der Waals surface area contributed by atoms with Gasteiger partial charge in [0.15, 0.2) is 0 Å². The second kappa shape index (κ2) is 5.55. The highest BCUT2D eigenvalue weighted by atomic mass is 19.3. The Morgan fingerprint density at radius 2 is 2.00 bits per heavy atom. The molecule has 1 aliphatic heterocycles. The van der Waals surface area contributed by atoms with Gasteiger partial charge in [-0.15, -0.1) is 0 Å². The van der Waals surface area contributed by atoms with Crippen molar-refractivity contribution in [2.24, 2.45) is 0 Å². The summed E-state index contributed by atoms with van der Waals surface area (Å²) in [6.07, 6.45) is 0.866. The van der Waals surface area contributed by atoms with Crippen molar-refractivity contribution in [1.82, 2.24) is 10.2 Å². The molecule has 0 spiro atoms. The van der Waals surface area contributed by atoms with Gasteiger partial charge in [-0.2, -0.15) is 8.78 Å². The maximum absolute atomic E-state index is 14.4. The van der Waals surface area contributed by atoms with Crippen molar-refractivity contribution in [3.8, 4) is 0 Å². The number of nitrogens with zero attached hydrogens (tertiary/aromatic N) is 1. The van der Waals surface area contributed by atoms with Crippen molar-refractivity contribution in [3.63, 3.8) is 0 Å². The fourth-order valence-electron chi connectivity index (χ4n) is 2.58. The summed E-state index contributed by atoms with van der Waals surface area (Å²) in [4.78, 5) is 1.93. The van der Waals surface area contributed by atoms with E-state index in [0.29, 0.717) is 6.54 Å². The molecule has 0 aliphatic carbocycles. The first kappa shape index (κ1) is 14.4. The van der Waals surface area contributed by atoms with Crippen molar-refractivity contribution < 1.29 is 8.78 Å². The van der Waals surface area contributed by atoms with Gasteiger partial charge in [-0.25, -0.2) is 0 Å². The van der Waals surface area contributed by atoms with Crippen LogP contribution in [0, 0.1) is 0 Å². The Balaban J connectivity index is 2.14. The van der Waals surface area contributed by atoms with E-state index in [2.05, 4.69) is 19.2 Å². The molecule has 19 heavy (non-hydrogen) atoms. The van der Waals surface area contributed by atoms with E-state index in [-0.39, 0.29) is 17.6 Å². The quantitative estimate of drug-likeness (QED) is 0.903. The van der Waals surface area contributed by atoms with Crippen LogP contribution < -0.4 is 5.32 Å². The fraction of sp³-hybridized carbons (Fsp3) is 0.600. The van der Waals surface area contributed by atoms with Crippen molar-refractivity contribution in [2.45, 2.75) is 31.7 Å². The summed E-state index contributed by atoms with van der Waals surface area (Å²) >= 11 is 0. The lowest BCUT2D eigenvalue weighted by Gasteiger charge is -2.46. The molecule has 0 bridgehead atoms. The number of benzene rings is 1. The van der Waals surface area contributed by atoms with Crippen molar-refractivity contribution >= 4 is 0 Å². The summed E-state index contributed by atoms with van der Waals surface area (Å²) in [6, 6.07) is 8.11. The Labute approximate surface area is 113 Å². The van der Waals surface area contributed by atoms with Gasteiger partial charge >= 0.3 is 0 Å². The highest BCUT2D eigenvalue weighted by molar-refractivity contribution is 5.20. The number of halogens is 2. The topological polar surface area (TPSA) is 15.3 Å². The Hall–Kier alpha value is -1.00. The minimum Gasteiger partial charge on any atom is -0.314 e. The van der Waals surface area contributed by atoms with Crippen LogP contribution in [0.2, 0.25) is 0 Å². The van der Waals surface area contributed by atoms with E-state index in [0.717, 1.165) is 19.5 Å². The van der Waals surface area contributed by atoms with E-state index in [1.807, 2.05) is 4.90 Å². The number of hydrogen-bond donors (Lipinski definition) is 1. The van der Waals surface area contributed by atoms with Crippen LogP contribution in [0.25, 0.3) is 0 Å². The van der Waals surface area contributed by atoms with Crippen LogP contribution in [0.1, 0.15) is 25.8 Å². The molecule has 0 amide bonds. The molecule has 1 aromatic carbocycles. The number of piperazine rings is 1. The lowest BCUT2D eigenvalue weighted by atomic mass is 9.93. The molecule has 106 valence electrons. The molecule has 2 nitrogen and oxygen atoms in total. The summed E-state index contributed by atoms with van der Waals surface area (Å²) < 4.78 is 28.7. The van der Waals surface area contributed by atoms with Crippen molar-refractivity contribution in [1.29, 1.82) is 0 Å². The SMILES string of the molecule is CCC1(C)CNCCN1CC(F)(F)c1ccccc1. The van der Waals surface area contributed by atoms with E-state index >= 15 is 0 Å². The summed E-state index contributed by atoms with van der Waals surface area (Å²) in [7, 11) is 0. The Morgan fingerprint density at radius 1 is 1.32 bits per heavy atom. The molecule has 0 radical (unpaired) electrons. The van der Waals surface area contributed by atoms with Crippen LogP contribution in [0.5, 0.6) is 0 Å². The molecule has 1 aliphatic rings. The van der Waals surface area contributed by atoms with Gasteiger partial charge in [-0.3, -0.25) is 4.90 Å². The molecule has 4 heteroatoms. The van der Waals surface area contributed by atoms with Gasteiger partial charge in [0.25, 0.3) is 5.92 Å². The zero-order valence-electron chi connectivity index (χ0n) is 11.6. The molecular formula is C15H22F2N2. The first-order chi connectivity index (χ1) is 8.98. The summed E-state index contributed by atoms with van der Waals surface area (Å²) in [6.45, 7) is 6.13. The van der Waals surface area contributed by atoms with E-state index in [9.17, 15) is 8.78 Å². The van der Waals surface area contributed by atoms with Crippen LogP contribution in [-0.2, 0) is 5.92 Å². The highest BCUT2D eigenvalue weighted by Crippen LogP contribution is 2.32. The number of rotatable bonds is 4. The van der Waals surface area contributed by atoms with Gasteiger partial charge in [-0.1, -0.05) is 37.3 Å². The van der Waals surface area contributed by atoms with Crippen LogP contribution in [0.15, 0.2) is 30.3 Å². The zero-order chi connectivity index (χ0) is 13.9. The second-order valence-corrected chi connectivity index (χ2v) is 5.52. The monoisotopic (exact) mass is 268 g/mol. The number of hydrogen-bond acceptors (Lipinski definition) is 2. The zero-order valence-corrected chi connectivity index (χ0v) is 11.6. The minimum absolute atomic E-state index is 0.104. The first-order valence-electron chi connectivity index (χ1n) is 6.87. The molecule has 1 N–H and O–H groups in total. The molecule has 0 saturated carbocycles. The second-order valence-electron chi connectivity index (χ2n) is 5.52. The average Bonchev–Trinajstić information content (AvgIpc) is 2.42. The first-order valence-corrected chi connectivity index (χ1v) is 6.87. The fourth-order valence-corrected chi connectivity index (χ4v) is 2.58. The average molecular weight is 268 g/mol. The largest absolute Gasteiger partial charge is 0.314 e. The molecule has 1 saturated heterocycles. The van der Waals surface area contributed by atoms with Crippen molar-refractivity contribution in [3.05, 3.63) is 35.9 Å². The third-order valence-electron chi connectivity index (χ3n) is 4.18. The molecule has 2 rings (SSSR count). The third kappa shape index (κ3) is 3.12. The summed E-state index contributed by atoms with van der Waals surface area (Å²) in [5.74, 6) is -2.80. The van der Waals surface area contributed by atoms with E-state index in [4.69, 9.17) is 0 Å². The predicted octanol–water partition coefficient (Wildman–Crippen LogP) is 2.85. The summed E-state index contributed by atoms with van der Waals surface area (Å²) in [5, 5.41) is 3.30. The molecule has 1 fully saturated rings. The van der Waals surface area contributed by atoms with Crippen LogP contribution in [0.4, 0.5) is 8.78 Å². The lowest BCUT2D eigenvalue weighted by molar-refractivity contribution is -0.0719. The normalized spacial score (nSPS) is 25.5. The van der Waals surface area contributed by atoms with E-state index < -0.39 is 5.92 Å². The van der Waals surface area contributed by atoms with Crippen LogP contribution in [0.3, 0.4) is 0 Å². The molecule has 1 atom stereocenters. The Kier molecular flexibility index (Phi) is 4.21. The third-order valence-corrected chi connectivity index (χ3v) is 4.18. The van der Waals surface area contributed by atoms with Crippen LogP contribution >= 0.6 is 0 Å². The van der Waals surface area contributed by atoms with Gasteiger partial charge in [0.05, 0.1) is 6.54 Å². The maximum atomic E-state index is 14.4. The highest BCUT2D eigenvalue weighted by Gasteiger charge is 2.41. The Bertz CT molecular complexity index is 408. The molecule has 0 aromatic heterocycles. The maximum Gasteiger partial charge on any atom is 0.285 e. The van der Waals surface area contributed by atoms with Crippen molar-refractivity contribution in [2.75, 3.05) is 26.2 Å². The summed E-state index contributed by atoms with van der Waals surface area (Å²) in [5.41, 5.74) is -0.0804. The smallest absolute Gasteiger partial charge is 0.285 e.